The average Bonchev–Trinajstić information content (AvgIpc) is 3.05. The Labute approximate surface area is 199 Å². The SMILES string of the molecule is Cc1cc(/C=C2\C(=O)NC(=S)N(c3ccccc3Cl)C2=O)c(C)n1-c1ccc(C(=O)O)cc1. The number of para-hydroxylation sites is 1. The zero-order valence-corrected chi connectivity index (χ0v) is 19.2. The van der Waals surface area contributed by atoms with Crippen LogP contribution in [0.1, 0.15) is 27.3 Å². The number of rotatable bonds is 4. The lowest BCUT2D eigenvalue weighted by molar-refractivity contribution is -0.122. The number of aryl methyl sites for hydroxylation is 1. The average molecular weight is 480 g/mol. The molecule has 7 nitrogen and oxygen atoms in total. The van der Waals surface area contributed by atoms with Gasteiger partial charge >= 0.3 is 5.97 Å². The molecule has 9 heteroatoms. The summed E-state index contributed by atoms with van der Waals surface area (Å²) in [5, 5.41) is 12.0. The minimum atomic E-state index is -1.00. The highest BCUT2D eigenvalue weighted by Crippen LogP contribution is 2.30. The minimum Gasteiger partial charge on any atom is -0.478 e. The second-order valence-corrected chi connectivity index (χ2v) is 8.22. The van der Waals surface area contributed by atoms with Crippen molar-refractivity contribution in [3.8, 4) is 5.69 Å². The summed E-state index contributed by atoms with van der Waals surface area (Å²) < 4.78 is 1.92. The van der Waals surface area contributed by atoms with E-state index in [2.05, 4.69) is 5.32 Å². The van der Waals surface area contributed by atoms with E-state index >= 15 is 0 Å². The second-order valence-electron chi connectivity index (χ2n) is 7.42. The Morgan fingerprint density at radius 2 is 1.76 bits per heavy atom. The van der Waals surface area contributed by atoms with E-state index in [9.17, 15) is 14.4 Å². The van der Waals surface area contributed by atoms with Crippen LogP contribution >= 0.6 is 23.8 Å². The molecule has 1 aliphatic rings. The minimum absolute atomic E-state index is 0.0424. The van der Waals surface area contributed by atoms with Gasteiger partial charge in [0.15, 0.2) is 5.11 Å². The van der Waals surface area contributed by atoms with Crippen LogP contribution in [0, 0.1) is 13.8 Å². The smallest absolute Gasteiger partial charge is 0.335 e. The molecule has 0 saturated carbocycles. The first-order valence-electron chi connectivity index (χ1n) is 9.87. The number of carbonyl (C=O) groups excluding carboxylic acids is 2. The molecule has 0 radical (unpaired) electrons. The first-order valence-corrected chi connectivity index (χ1v) is 10.7. The third kappa shape index (κ3) is 4.06. The van der Waals surface area contributed by atoms with Gasteiger partial charge in [0.1, 0.15) is 5.57 Å². The van der Waals surface area contributed by atoms with Crippen molar-refractivity contribution in [1.82, 2.24) is 9.88 Å². The van der Waals surface area contributed by atoms with Crippen LogP contribution in [-0.2, 0) is 9.59 Å². The molecule has 0 spiro atoms. The Balaban J connectivity index is 1.75. The molecule has 1 aliphatic heterocycles. The summed E-state index contributed by atoms with van der Waals surface area (Å²) in [6.07, 6.45) is 1.52. The summed E-state index contributed by atoms with van der Waals surface area (Å²) in [6, 6.07) is 15.0. The summed E-state index contributed by atoms with van der Waals surface area (Å²) in [6.45, 7) is 3.74. The molecule has 2 N–H and O–H groups in total. The van der Waals surface area contributed by atoms with Gasteiger partial charge in [-0.1, -0.05) is 23.7 Å². The third-order valence-electron chi connectivity index (χ3n) is 5.34. The highest BCUT2D eigenvalue weighted by atomic mass is 35.5. The molecule has 33 heavy (non-hydrogen) atoms. The molecule has 3 aromatic rings. The molecule has 0 aliphatic carbocycles. The van der Waals surface area contributed by atoms with E-state index in [1.165, 1.54) is 23.1 Å². The summed E-state index contributed by atoms with van der Waals surface area (Å²) >= 11 is 11.5. The van der Waals surface area contributed by atoms with Gasteiger partial charge in [-0.05, 0) is 80.2 Å². The molecule has 4 rings (SSSR count). The largest absolute Gasteiger partial charge is 0.478 e. The number of carboxylic acids is 1. The van der Waals surface area contributed by atoms with Crippen molar-refractivity contribution in [3.05, 3.63) is 87.7 Å². The van der Waals surface area contributed by atoms with E-state index in [0.29, 0.717) is 16.3 Å². The lowest BCUT2D eigenvalue weighted by Gasteiger charge is -2.29. The van der Waals surface area contributed by atoms with Crippen LogP contribution in [-0.4, -0.2) is 32.6 Å². The van der Waals surface area contributed by atoms with E-state index in [0.717, 1.165) is 17.1 Å². The fourth-order valence-electron chi connectivity index (χ4n) is 3.75. The lowest BCUT2D eigenvalue weighted by atomic mass is 10.1. The number of halogens is 1. The molecule has 0 atom stereocenters. The molecule has 2 amide bonds. The molecule has 1 fully saturated rings. The normalized spacial score (nSPS) is 15.2. The van der Waals surface area contributed by atoms with E-state index in [1.54, 1.807) is 36.4 Å². The Hall–Kier alpha value is -3.75. The number of anilines is 1. The number of amides is 2. The zero-order valence-electron chi connectivity index (χ0n) is 17.6. The van der Waals surface area contributed by atoms with Crippen molar-refractivity contribution in [1.29, 1.82) is 0 Å². The molecule has 1 aromatic heterocycles. The van der Waals surface area contributed by atoms with Crippen LogP contribution in [0.15, 0.2) is 60.2 Å². The number of nitrogens with zero attached hydrogens (tertiary/aromatic N) is 2. The number of aromatic carboxylic acids is 1. The van der Waals surface area contributed by atoms with Gasteiger partial charge in [0.25, 0.3) is 11.8 Å². The number of hydrogen-bond donors (Lipinski definition) is 2. The van der Waals surface area contributed by atoms with Gasteiger partial charge in [-0.15, -0.1) is 0 Å². The van der Waals surface area contributed by atoms with Gasteiger partial charge in [0.2, 0.25) is 0 Å². The number of thiocarbonyl (C=S) groups is 1. The molecular weight excluding hydrogens is 462 g/mol. The summed E-state index contributed by atoms with van der Waals surface area (Å²) in [5.74, 6) is -2.17. The van der Waals surface area contributed by atoms with Gasteiger partial charge < -0.3 is 9.67 Å². The van der Waals surface area contributed by atoms with Crippen molar-refractivity contribution >= 4 is 58.5 Å². The molecule has 2 heterocycles. The fraction of sp³-hybridized carbons (Fsp3) is 0.0833. The van der Waals surface area contributed by atoms with E-state index in [-0.39, 0.29) is 16.2 Å². The van der Waals surface area contributed by atoms with E-state index in [1.807, 2.05) is 24.5 Å². The molecule has 2 aromatic carbocycles. The van der Waals surface area contributed by atoms with Gasteiger partial charge in [-0.25, -0.2) is 4.79 Å². The predicted molar refractivity (Wildman–Crippen MR) is 130 cm³/mol. The first-order chi connectivity index (χ1) is 15.7. The lowest BCUT2D eigenvalue weighted by Crippen LogP contribution is -2.54. The van der Waals surface area contributed by atoms with Crippen molar-refractivity contribution in [3.63, 3.8) is 0 Å². The Morgan fingerprint density at radius 3 is 2.39 bits per heavy atom. The van der Waals surface area contributed by atoms with Crippen molar-refractivity contribution in [2.75, 3.05) is 4.90 Å². The molecular formula is C24H18ClN3O4S. The molecule has 1 saturated heterocycles. The molecule has 166 valence electrons. The first kappa shape index (κ1) is 22.4. The number of hydrogen-bond acceptors (Lipinski definition) is 4. The van der Waals surface area contributed by atoms with Crippen molar-refractivity contribution in [2.45, 2.75) is 13.8 Å². The van der Waals surface area contributed by atoms with Crippen LogP contribution < -0.4 is 10.2 Å². The van der Waals surface area contributed by atoms with Crippen molar-refractivity contribution in [2.24, 2.45) is 0 Å². The highest BCUT2D eigenvalue weighted by molar-refractivity contribution is 7.80. The Bertz CT molecular complexity index is 1360. The zero-order chi connectivity index (χ0) is 23.9. The maximum Gasteiger partial charge on any atom is 0.335 e. The van der Waals surface area contributed by atoms with Gasteiger partial charge in [0.05, 0.1) is 16.3 Å². The van der Waals surface area contributed by atoms with Gasteiger partial charge in [-0.2, -0.15) is 0 Å². The number of carbonyl (C=O) groups is 3. The summed E-state index contributed by atoms with van der Waals surface area (Å²) in [7, 11) is 0. The third-order valence-corrected chi connectivity index (χ3v) is 5.94. The van der Waals surface area contributed by atoms with E-state index in [4.69, 9.17) is 28.9 Å². The Kier molecular flexibility index (Phi) is 5.88. The number of benzene rings is 2. The second kappa shape index (κ2) is 8.65. The summed E-state index contributed by atoms with van der Waals surface area (Å²) in [5.41, 5.74) is 3.54. The fourth-order valence-corrected chi connectivity index (χ4v) is 4.24. The van der Waals surface area contributed by atoms with Crippen LogP contribution in [0.3, 0.4) is 0 Å². The summed E-state index contributed by atoms with van der Waals surface area (Å²) in [4.78, 5) is 38.3. The monoisotopic (exact) mass is 479 g/mol. The Morgan fingerprint density at radius 1 is 1.09 bits per heavy atom. The van der Waals surface area contributed by atoms with Crippen LogP contribution in [0.2, 0.25) is 5.02 Å². The van der Waals surface area contributed by atoms with Crippen LogP contribution in [0.5, 0.6) is 0 Å². The standard InChI is InChI=1S/C24H18ClN3O4S/c1-13-11-16(14(2)27(13)17-9-7-15(8-10-17)23(31)32)12-18-21(29)26-24(33)28(22(18)30)20-6-4-3-5-19(20)25/h3-12H,1-2H3,(H,31,32)(H,26,29,33)/b18-12+. The van der Waals surface area contributed by atoms with Gasteiger partial charge in [0, 0.05) is 17.1 Å². The molecule has 0 bridgehead atoms. The topological polar surface area (TPSA) is 91.6 Å². The number of carboxylic acid groups (broad SMARTS) is 1. The predicted octanol–water partition coefficient (Wildman–Crippen LogP) is 4.28. The molecule has 0 unspecified atom stereocenters. The number of aromatic nitrogens is 1. The van der Waals surface area contributed by atoms with Crippen molar-refractivity contribution < 1.29 is 19.5 Å². The van der Waals surface area contributed by atoms with E-state index < -0.39 is 17.8 Å². The maximum absolute atomic E-state index is 13.3. The van der Waals surface area contributed by atoms with Crippen LogP contribution in [0.4, 0.5) is 5.69 Å². The quantitative estimate of drug-likeness (QED) is 0.331. The highest BCUT2D eigenvalue weighted by Gasteiger charge is 2.35. The van der Waals surface area contributed by atoms with Gasteiger partial charge in [-0.3, -0.25) is 19.8 Å². The van der Waals surface area contributed by atoms with Crippen LogP contribution in [0.25, 0.3) is 11.8 Å². The number of nitrogens with one attached hydrogen (secondary N) is 1. The maximum atomic E-state index is 13.3.